The highest BCUT2D eigenvalue weighted by molar-refractivity contribution is 7.99. The second kappa shape index (κ2) is 7.68. The number of nitrogens with zero attached hydrogens (tertiary/aromatic N) is 1. The lowest BCUT2D eigenvalue weighted by Gasteiger charge is -2.34. The van der Waals surface area contributed by atoms with Gasteiger partial charge < -0.3 is 10.2 Å². The predicted octanol–water partition coefficient (Wildman–Crippen LogP) is 1.34. The first kappa shape index (κ1) is 16.1. The first-order valence-electron chi connectivity index (χ1n) is 8.64. The molecule has 1 unspecified atom stereocenters. The van der Waals surface area contributed by atoms with E-state index in [1.165, 1.54) is 19.3 Å². The van der Waals surface area contributed by atoms with Gasteiger partial charge in [-0.15, -0.1) is 11.8 Å². The number of piperidine rings is 1. The molecule has 0 radical (unpaired) electrons. The van der Waals surface area contributed by atoms with E-state index in [-0.39, 0.29) is 29.8 Å². The van der Waals surface area contributed by atoms with Gasteiger partial charge in [-0.1, -0.05) is 19.3 Å². The molecular formula is C16H27N3O2S. The Kier molecular flexibility index (Phi) is 5.63. The summed E-state index contributed by atoms with van der Waals surface area (Å²) in [4.78, 5) is 26.6. The fraction of sp³-hybridized carbons (Fsp3) is 0.875. The summed E-state index contributed by atoms with van der Waals surface area (Å²) in [6.45, 7) is 1.55. The minimum Gasteiger partial charge on any atom is -0.353 e. The fourth-order valence-electron chi connectivity index (χ4n) is 3.70. The summed E-state index contributed by atoms with van der Waals surface area (Å²) in [5.74, 6) is 2.48. The molecule has 124 valence electrons. The van der Waals surface area contributed by atoms with Crippen LogP contribution in [0.4, 0.5) is 0 Å². The highest BCUT2D eigenvalue weighted by atomic mass is 32.2. The molecule has 2 aliphatic heterocycles. The molecule has 0 aromatic carbocycles. The lowest BCUT2D eigenvalue weighted by atomic mass is 9.88. The molecule has 1 saturated carbocycles. The molecule has 1 atom stereocenters. The number of hydrogen-bond acceptors (Lipinski definition) is 4. The number of hydrogen-bond donors (Lipinski definition) is 2. The van der Waals surface area contributed by atoms with Crippen molar-refractivity contribution >= 4 is 23.6 Å². The predicted molar refractivity (Wildman–Crippen MR) is 88.6 cm³/mol. The molecule has 1 aliphatic carbocycles. The summed E-state index contributed by atoms with van der Waals surface area (Å²) in [6.07, 6.45) is 7.54. The summed E-state index contributed by atoms with van der Waals surface area (Å²) >= 11 is 1.78. The maximum atomic E-state index is 12.3. The Morgan fingerprint density at radius 2 is 1.77 bits per heavy atom. The Bertz CT molecular complexity index is 398. The van der Waals surface area contributed by atoms with Crippen molar-refractivity contribution in [1.82, 2.24) is 15.5 Å². The van der Waals surface area contributed by atoms with Gasteiger partial charge in [0.2, 0.25) is 11.8 Å². The Labute approximate surface area is 137 Å². The molecule has 2 saturated heterocycles. The second-order valence-corrected chi connectivity index (χ2v) is 7.75. The minimum absolute atomic E-state index is 0.00150. The van der Waals surface area contributed by atoms with Gasteiger partial charge in [-0.25, -0.2) is 0 Å². The SMILES string of the molecule is O=C(NC1CCN(C(=O)C2CSCN2)CC1)C1CCCCC1. The van der Waals surface area contributed by atoms with E-state index in [0.29, 0.717) is 0 Å². The monoisotopic (exact) mass is 325 g/mol. The lowest BCUT2D eigenvalue weighted by molar-refractivity contribution is -0.134. The number of carbonyl (C=O) groups is 2. The van der Waals surface area contributed by atoms with Gasteiger partial charge in [0.15, 0.2) is 0 Å². The highest BCUT2D eigenvalue weighted by Gasteiger charge is 2.31. The molecule has 3 aliphatic rings. The van der Waals surface area contributed by atoms with Crippen LogP contribution in [0.2, 0.25) is 0 Å². The molecule has 22 heavy (non-hydrogen) atoms. The molecule has 0 bridgehead atoms. The quantitative estimate of drug-likeness (QED) is 0.822. The number of rotatable bonds is 3. The third-order valence-corrected chi connectivity index (χ3v) is 6.08. The maximum Gasteiger partial charge on any atom is 0.240 e. The van der Waals surface area contributed by atoms with Crippen molar-refractivity contribution in [3.8, 4) is 0 Å². The molecule has 2 heterocycles. The van der Waals surface area contributed by atoms with Crippen molar-refractivity contribution in [2.45, 2.75) is 57.0 Å². The molecular weight excluding hydrogens is 298 g/mol. The van der Waals surface area contributed by atoms with E-state index in [2.05, 4.69) is 10.6 Å². The van der Waals surface area contributed by atoms with Gasteiger partial charge in [-0.05, 0) is 25.7 Å². The zero-order valence-corrected chi connectivity index (χ0v) is 14.0. The Balaban J connectivity index is 1.41. The topological polar surface area (TPSA) is 61.4 Å². The van der Waals surface area contributed by atoms with Crippen molar-refractivity contribution in [1.29, 1.82) is 0 Å². The van der Waals surface area contributed by atoms with Gasteiger partial charge in [0.05, 0.1) is 6.04 Å². The highest BCUT2D eigenvalue weighted by Crippen LogP contribution is 2.24. The van der Waals surface area contributed by atoms with Crippen molar-refractivity contribution in [3.63, 3.8) is 0 Å². The number of carbonyl (C=O) groups excluding carboxylic acids is 2. The van der Waals surface area contributed by atoms with Crippen molar-refractivity contribution < 1.29 is 9.59 Å². The van der Waals surface area contributed by atoms with Crippen LogP contribution in [0.25, 0.3) is 0 Å². The summed E-state index contributed by atoms with van der Waals surface area (Å²) < 4.78 is 0. The Morgan fingerprint density at radius 1 is 1.05 bits per heavy atom. The van der Waals surface area contributed by atoms with E-state index in [0.717, 1.165) is 50.4 Å². The summed E-state index contributed by atoms with van der Waals surface area (Å²) in [5, 5.41) is 6.46. The van der Waals surface area contributed by atoms with Crippen molar-refractivity contribution in [3.05, 3.63) is 0 Å². The molecule has 3 fully saturated rings. The lowest BCUT2D eigenvalue weighted by Crippen LogP contribution is -2.52. The summed E-state index contributed by atoms with van der Waals surface area (Å²) in [7, 11) is 0. The van der Waals surface area contributed by atoms with Crippen LogP contribution in [0.15, 0.2) is 0 Å². The van der Waals surface area contributed by atoms with E-state index in [4.69, 9.17) is 0 Å². The van der Waals surface area contributed by atoms with Gasteiger partial charge in [0, 0.05) is 36.7 Å². The van der Waals surface area contributed by atoms with Crippen LogP contribution in [0.3, 0.4) is 0 Å². The van der Waals surface area contributed by atoms with Crippen LogP contribution in [-0.4, -0.2) is 53.5 Å². The third kappa shape index (κ3) is 3.96. The van der Waals surface area contributed by atoms with Gasteiger partial charge in [-0.2, -0.15) is 0 Å². The zero-order chi connectivity index (χ0) is 15.4. The molecule has 6 heteroatoms. The van der Waals surface area contributed by atoms with Crippen LogP contribution in [0.1, 0.15) is 44.9 Å². The average molecular weight is 325 g/mol. The first-order chi connectivity index (χ1) is 10.7. The van der Waals surface area contributed by atoms with E-state index < -0.39 is 0 Å². The average Bonchev–Trinajstić information content (AvgIpc) is 3.10. The number of likely N-dealkylation sites (tertiary alicyclic amines) is 1. The molecule has 0 aromatic rings. The van der Waals surface area contributed by atoms with Gasteiger partial charge in [0.1, 0.15) is 0 Å². The molecule has 0 aromatic heterocycles. The van der Waals surface area contributed by atoms with E-state index in [1.807, 2.05) is 4.90 Å². The normalized spacial score (nSPS) is 27.8. The second-order valence-electron chi connectivity index (χ2n) is 6.71. The van der Waals surface area contributed by atoms with Crippen molar-refractivity contribution in [2.24, 2.45) is 5.92 Å². The molecule has 2 amide bonds. The minimum atomic E-state index is -0.00150. The van der Waals surface area contributed by atoms with Crippen LogP contribution in [0.5, 0.6) is 0 Å². The molecule has 3 rings (SSSR count). The number of amides is 2. The smallest absolute Gasteiger partial charge is 0.240 e. The zero-order valence-electron chi connectivity index (χ0n) is 13.2. The molecule has 0 spiro atoms. The Hall–Kier alpha value is -0.750. The van der Waals surface area contributed by atoms with Crippen LogP contribution in [0, 0.1) is 5.92 Å². The molecule has 5 nitrogen and oxygen atoms in total. The van der Waals surface area contributed by atoms with E-state index in [9.17, 15) is 9.59 Å². The van der Waals surface area contributed by atoms with Crippen LogP contribution >= 0.6 is 11.8 Å². The number of nitrogens with one attached hydrogen (secondary N) is 2. The maximum absolute atomic E-state index is 12.3. The van der Waals surface area contributed by atoms with Gasteiger partial charge in [0.25, 0.3) is 0 Å². The first-order valence-corrected chi connectivity index (χ1v) is 9.80. The molecule has 2 N–H and O–H groups in total. The largest absolute Gasteiger partial charge is 0.353 e. The number of thioether (sulfide) groups is 1. The van der Waals surface area contributed by atoms with Gasteiger partial charge in [-0.3, -0.25) is 14.9 Å². The van der Waals surface area contributed by atoms with Crippen LogP contribution < -0.4 is 10.6 Å². The third-order valence-electron chi connectivity index (χ3n) is 5.14. The summed E-state index contributed by atoms with van der Waals surface area (Å²) in [6, 6.07) is 0.253. The fourth-order valence-corrected chi connectivity index (χ4v) is 4.64. The van der Waals surface area contributed by atoms with Gasteiger partial charge >= 0.3 is 0 Å². The van der Waals surface area contributed by atoms with E-state index in [1.54, 1.807) is 11.8 Å². The van der Waals surface area contributed by atoms with E-state index >= 15 is 0 Å². The standard InChI is InChI=1S/C16H27N3O2S/c20-15(12-4-2-1-3-5-12)18-13-6-8-19(9-7-13)16(21)14-10-22-11-17-14/h12-14,17H,1-11H2,(H,18,20). The Morgan fingerprint density at radius 3 is 2.41 bits per heavy atom. The van der Waals surface area contributed by atoms with Crippen molar-refractivity contribution in [2.75, 3.05) is 24.7 Å². The summed E-state index contributed by atoms with van der Waals surface area (Å²) in [5.41, 5.74) is 0. The van der Waals surface area contributed by atoms with Crippen LogP contribution in [-0.2, 0) is 9.59 Å².